The number of carbonyl (C=O) groups excluding carboxylic acids is 1. The van der Waals surface area contributed by atoms with E-state index >= 15 is 0 Å². The SMILES string of the molecule is Cc1ccc2occ(C(=O)c3ccccc3)c(=O)c2c1. The van der Waals surface area contributed by atoms with Gasteiger partial charge in [-0.15, -0.1) is 0 Å². The van der Waals surface area contributed by atoms with Crippen LogP contribution in [-0.2, 0) is 0 Å². The van der Waals surface area contributed by atoms with E-state index in [9.17, 15) is 9.59 Å². The van der Waals surface area contributed by atoms with Crippen LogP contribution in [0.25, 0.3) is 11.0 Å². The number of fused-ring (bicyclic) bond motifs is 1. The van der Waals surface area contributed by atoms with Crippen LogP contribution < -0.4 is 5.43 Å². The van der Waals surface area contributed by atoms with Gasteiger partial charge in [-0.25, -0.2) is 0 Å². The van der Waals surface area contributed by atoms with Crippen molar-refractivity contribution in [2.45, 2.75) is 6.92 Å². The summed E-state index contributed by atoms with van der Waals surface area (Å²) in [5, 5.41) is 0.437. The van der Waals surface area contributed by atoms with E-state index in [1.807, 2.05) is 19.1 Å². The van der Waals surface area contributed by atoms with Gasteiger partial charge in [0, 0.05) is 5.56 Å². The van der Waals surface area contributed by atoms with Crippen molar-refractivity contribution in [1.82, 2.24) is 0 Å². The molecule has 3 nitrogen and oxygen atoms in total. The van der Waals surface area contributed by atoms with Gasteiger partial charge in [0.05, 0.1) is 5.39 Å². The Bertz CT molecular complexity index is 845. The predicted molar refractivity (Wildman–Crippen MR) is 77.1 cm³/mol. The molecular formula is C17H12O3. The molecule has 0 amide bonds. The Hall–Kier alpha value is -2.68. The summed E-state index contributed by atoms with van der Waals surface area (Å²) in [6.45, 7) is 1.89. The number of rotatable bonds is 2. The van der Waals surface area contributed by atoms with E-state index in [0.29, 0.717) is 16.5 Å². The summed E-state index contributed by atoms with van der Waals surface area (Å²) in [4.78, 5) is 24.8. The number of ketones is 1. The van der Waals surface area contributed by atoms with Crippen molar-refractivity contribution >= 4 is 16.8 Å². The van der Waals surface area contributed by atoms with Crippen LogP contribution in [0.1, 0.15) is 21.5 Å². The average molecular weight is 264 g/mol. The molecule has 0 saturated carbocycles. The number of hydrogen-bond acceptors (Lipinski definition) is 3. The van der Waals surface area contributed by atoms with Crippen molar-refractivity contribution in [2.75, 3.05) is 0 Å². The fourth-order valence-electron chi connectivity index (χ4n) is 2.15. The minimum Gasteiger partial charge on any atom is -0.463 e. The lowest BCUT2D eigenvalue weighted by atomic mass is 10.0. The zero-order valence-electron chi connectivity index (χ0n) is 10.9. The molecule has 1 heterocycles. The molecule has 1 aromatic heterocycles. The van der Waals surface area contributed by atoms with Gasteiger partial charge in [0.2, 0.25) is 5.43 Å². The molecule has 0 aliphatic rings. The van der Waals surface area contributed by atoms with Gasteiger partial charge in [0.25, 0.3) is 0 Å². The second-order valence-electron chi connectivity index (χ2n) is 4.67. The van der Waals surface area contributed by atoms with E-state index in [2.05, 4.69) is 0 Å². The Labute approximate surface area is 115 Å². The highest BCUT2D eigenvalue weighted by Gasteiger charge is 2.15. The molecule has 0 radical (unpaired) electrons. The Balaban J connectivity index is 2.20. The molecule has 0 bridgehead atoms. The van der Waals surface area contributed by atoms with Crippen molar-refractivity contribution in [3.63, 3.8) is 0 Å². The molecule has 3 aromatic rings. The normalized spacial score (nSPS) is 10.7. The van der Waals surface area contributed by atoms with Gasteiger partial charge in [-0.3, -0.25) is 9.59 Å². The van der Waals surface area contributed by atoms with Crippen molar-refractivity contribution in [2.24, 2.45) is 0 Å². The Morgan fingerprint density at radius 2 is 1.80 bits per heavy atom. The molecule has 0 atom stereocenters. The molecule has 3 heteroatoms. The zero-order valence-corrected chi connectivity index (χ0v) is 10.9. The lowest BCUT2D eigenvalue weighted by Gasteiger charge is -2.03. The van der Waals surface area contributed by atoms with Crippen molar-refractivity contribution < 1.29 is 9.21 Å². The third kappa shape index (κ3) is 2.03. The molecule has 0 spiro atoms. The summed E-state index contributed by atoms with van der Waals surface area (Å²) >= 11 is 0. The van der Waals surface area contributed by atoms with Crippen molar-refractivity contribution in [3.8, 4) is 0 Å². The minimum atomic E-state index is -0.317. The molecule has 2 aromatic carbocycles. The first-order valence-electron chi connectivity index (χ1n) is 6.29. The molecule has 0 fully saturated rings. The molecule has 3 rings (SSSR count). The lowest BCUT2D eigenvalue weighted by molar-refractivity contribution is 0.103. The van der Waals surface area contributed by atoms with E-state index < -0.39 is 0 Å². The van der Waals surface area contributed by atoms with E-state index in [1.165, 1.54) is 6.26 Å². The van der Waals surface area contributed by atoms with Crippen LogP contribution in [0.5, 0.6) is 0 Å². The third-order valence-electron chi connectivity index (χ3n) is 3.21. The molecule has 20 heavy (non-hydrogen) atoms. The second kappa shape index (κ2) is 4.78. The second-order valence-corrected chi connectivity index (χ2v) is 4.67. The van der Waals surface area contributed by atoms with Gasteiger partial charge < -0.3 is 4.42 Å². The van der Waals surface area contributed by atoms with Crippen LogP contribution >= 0.6 is 0 Å². The Morgan fingerprint density at radius 3 is 2.55 bits per heavy atom. The van der Waals surface area contributed by atoms with Crippen LogP contribution in [0.2, 0.25) is 0 Å². The molecular weight excluding hydrogens is 252 g/mol. The molecule has 0 aliphatic carbocycles. The molecule has 0 unspecified atom stereocenters. The summed E-state index contributed by atoms with van der Waals surface area (Å²) < 4.78 is 5.40. The number of benzene rings is 2. The van der Waals surface area contributed by atoms with Crippen molar-refractivity contribution in [3.05, 3.63) is 81.7 Å². The van der Waals surface area contributed by atoms with Gasteiger partial charge in [-0.05, 0) is 19.1 Å². The van der Waals surface area contributed by atoms with Crippen LogP contribution in [0.15, 0.2) is 64.0 Å². The van der Waals surface area contributed by atoms with Crippen LogP contribution in [0.3, 0.4) is 0 Å². The topological polar surface area (TPSA) is 47.3 Å². The number of hydrogen-bond donors (Lipinski definition) is 0. The Kier molecular flexibility index (Phi) is 2.95. The summed E-state index contributed by atoms with van der Waals surface area (Å²) in [5.41, 5.74) is 1.70. The highest BCUT2D eigenvalue weighted by Crippen LogP contribution is 2.15. The van der Waals surface area contributed by atoms with E-state index in [-0.39, 0.29) is 16.8 Å². The maximum atomic E-state index is 12.4. The standard InChI is InChI=1S/C17H12O3/c1-11-7-8-15-13(9-11)17(19)14(10-20-15)16(18)12-5-3-2-4-6-12/h2-10H,1H3. The lowest BCUT2D eigenvalue weighted by Crippen LogP contribution is -2.15. The first-order valence-corrected chi connectivity index (χ1v) is 6.29. The third-order valence-corrected chi connectivity index (χ3v) is 3.21. The van der Waals surface area contributed by atoms with Crippen LogP contribution in [0, 0.1) is 6.92 Å². The van der Waals surface area contributed by atoms with Crippen LogP contribution in [0.4, 0.5) is 0 Å². The minimum absolute atomic E-state index is 0.0642. The number of carbonyl (C=O) groups is 1. The monoisotopic (exact) mass is 264 g/mol. The maximum Gasteiger partial charge on any atom is 0.203 e. The highest BCUT2D eigenvalue weighted by molar-refractivity contribution is 6.09. The maximum absolute atomic E-state index is 12.4. The van der Waals surface area contributed by atoms with Gasteiger partial charge in [-0.1, -0.05) is 42.0 Å². The van der Waals surface area contributed by atoms with Crippen LogP contribution in [-0.4, -0.2) is 5.78 Å². The number of aryl methyl sites for hydroxylation is 1. The van der Waals surface area contributed by atoms with Gasteiger partial charge in [-0.2, -0.15) is 0 Å². The first kappa shape index (κ1) is 12.4. The highest BCUT2D eigenvalue weighted by atomic mass is 16.3. The summed E-state index contributed by atoms with van der Waals surface area (Å²) in [5.74, 6) is -0.317. The van der Waals surface area contributed by atoms with E-state index in [4.69, 9.17) is 4.42 Å². The predicted octanol–water partition coefficient (Wildman–Crippen LogP) is 3.33. The first-order chi connectivity index (χ1) is 9.66. The van der Waals surface area contributed by atoms with Gasteiger partial charge in [0.1, 0.15) is 17.4 Å². The fourth-order valence-corrected chi connectivity index (χ4v) is 2.15. The fraction of sp³-hybridized carbons (Fsp3) is 0.0588. The summed E-state index contributed by atoms with van der Waals surface area (Å²) in [7, 11) is 0. The molecule has 0 aliphatic heterocycles. The van der Waals surface area contributed by atoms with Gasteiger partial charge >= 0.3 is 0 Å². The summed E-state index contributed by atoms with van der Waals surface area (Å²) in [6.07, 6.45) is 1.25. The van der Waals surface area contributed by atoms with E-state index in [1.54, 1.807) is 36.4 Å². The molecule has 0 N–H and O–H groups in total. The molecule has 98 valence electrons. The van der Waals surface area contributed by atoms with E-state index in [0.717, 1.165) is 5.56 Å². The largest absolute Gasteiger partial charge is 0.463 e. The quantitative estimate of drug-likeness (QED) is 0.667. The smallest absolute Gasteiger partial charge is 0.203 e. The average Bonchev–Trinajstić information content (AvgIpc) is 2.48. The zero-order chi connectivity index (χ0) is 14.1. The van der Waals surface area contributed by atoms with Crippen molar-refractivity contribution in [1.29, 1.82) is 0 Å². The molecule has 0 saturated heterocycles. The van der Waals surface area contributed by atoms with Gasteiger partial charge in [0.15, 0.2) is 5.78 Å². The summed E-state index contributed by atoms with van der Waals surface area (Å²) in [6, 6.07) is 14.1. The Morgan fingerprint density at radius 1 is 1.05 bits per heavy atom.